The number of hydrogen-bond donors (Lipinski definition) is 2. The number of aliphatic hydroxyl groups excluding tert-OH is 1. The maximum atomic E-state index is 14.5. The second-order valence-corrected chi connectivity index (χ2v) is 13.2. The van der Waals surface area contributed by atoms with Crippen molar-refractivity contribution in [2.75, 3.05) is 26.4 Å². The van der Waals surface area contributed by atoms with E-state index in [1.807, 2.05) is 44.2 Å². The number of hydrogen-bond acceptors (Lipinski definition) is 7. The molecule has 1 aliphatic carbocycles. The summed E-state index contributed by atoms with van der Waals surface area (Å²) in [5.41, 5.74) is 6.00. The molecule has 2 atom stereocenters. The Hall–Kier alpha value is -3.30. The Morgan fingerprint density at radius 1 is 0.978 bits per heavy atom. The lowest BCUT2D eigenvalue weighted by Crippen LogP contribution is -2.44. The van der Waals surface area contributed by atoms with Gasteiger partial charge in [-0.15, -0.1) is 0 Å². The molecule has 10 heteroatoms. The van der Waals surface area contributed by atoms with Crippen molar-refractivity contribution in [2.45, 2.75) is 77.0 Å². The normalized spacial score (nSPS) is 18.9. The maximum absolute atomic E-state index is 14.5. The summed E-state index contributed by atoms with van der Waals surface area (Å²) in [5.74, 6) is 1.86. The zero-order valence-corrected chi connectivity index (χ0v) is 27.9. The van der Waals surface area contributed by atoms with E-state index in [-0.39, 0.29) is 24.6 Å². The standard InChI is InChI=1S/C36H41Cl2N3O5/c1-22-18-30(37)34(31(38)19-22)45-17-16-44-28-9-4-24(5-10-28)29-20-26-6-11-32(40-26)33(29)36(43)41(27-7-8-27)21-25-12-13-39-35(23(25)2)46-15-3-14-42/h4-5,9-10,12-13,18-19,26-27,32,40,42H,3,6-8,11,14-17,20-21H2,1-2H3. The third-order valence-electron chi connectivity index (χ3n) is 8.94. The number of carbonyl (C=O) groups is 1. The highest BCUT2D eigenvalue weighted by Gasteiger charge is 2.42. The molecule has 2 fully saturated rings. The van der Waals surface area contributed by atoms with Crippen LogP contribution in [0.1, 0.15) is 60.8 Å². The highest BCUT2D eigenvalue weighted by molar-refractivity contribution is 6.37. The molecule has 3 heterocycles. The lowest BCUT2D eigenvalue weighted by molar-refractivity contribution is -0.128. The van der Waals surface area contributed by atoms with E-state index in [2.05, 4.69) is 27.3 Å². The smallest absolute Gasteiger partial charge is 0.252 e. The monoisotopic (exact) mass is 665 g/mol. The first-order chi connectivity index (χ1) is 22.3. The maximum Gasteiger partial charge on any atom is 0.252 e. The highest BCUT2D eigenvalue weighted by atomic mass is 35.5. The van der Waals surface area contributed by atoms with Crippen LogP contribution in [0.25, 0.3) is 5.57 Å². The predicted molar refractivity (Wildman–Crippen MR) is 180 cm³/mol. The number of aromatic nitrogens is 1. The number of amides is 1. The van der Waals surface area contributed by atoms with Gasteiger partial charge in [0.05, 0.1) is 16.7 Å². The van der Waals surface area contributed by atoms with Gasteiger partial charge in [-0.05, 0) is 98.5 Å². The zero-order chi connectivity index (χ0) is 32.2. The molecule has 2 N–H and O–H groups in total. The first-order valence-electron chi connectivity index (χ1n) is 16.1. The predicted octanol–water partition coefficient (Wildman–Crippen LogP) is 6.69. The van der Waals surface area contributed by atoms with Crippen LogP contribution in [0, 0.1) is 13.8 Å². The fourth-order valence-electron chi connectivity index (χ4n) is 6.40. The molecule has 6 rings (SSSR count). The minimum absolute atomic E-state index is 0.0481. The molecule has 46 heavy (non-hydrogen) atoms. The van der Waals surface area contributed by atoms with Gasteiger partial charge in [-0.3, -0.25) is 4.79 Å². The van der Waals surface area contributed by atoms with Gasteiger partial charge >= 0.3 is 0 Å². The van der Waals surface area contributed by atoms with E-state index in [0.29, 0.717) is 60.5 Å². The number of halogens is 2. The first kappa shape index (κ1) is 32.6. The summed E-state index contributed by atoms with van der Waals surface area (Å²) in [4.78, 5) is 20.9. The number of aryl methyl sites for hydroxylation is 1. The molecule has 1 saturated carbocycles. The van der Waals surface area contributed by atoms with Gasteiger partial charge in [-0.25, -0.2) is 4.98 Å². The van der Waals surface area contributed by atoms with Crippen LogP contribution >= 0.6 is 23.2 Å². The molecule has 2 aromatic carbocycles. The average molecular weight is 667 g/mol. The lowest BCUT2D eigenvalue weighted by atomic mass is 9.88. The Morgan fingerprint density at radius 3 is 2.43 bits per heavy atom. The van der Waals surface area contributed by atoms with Crippen molar-refractivity contribution in [1.82, 2.24) is 15.2 Å². The summed E-state index contributed by atoms with van der Waals surface area (Å²) < 4.78 is 17.6. The number of pyridine rings is 1. The topological polar surface area (TPSA) is 93.2 Å². The summed E-state index contributed by atoms with van der Waals surface area (Å²) in [5, 5.41) is 13.8. The van der Waals surface area contributed by atoms with Crippen molar-refractivity contribution >= 4 is 34.7 Å². The van der Waals surface area contributed by atoms with Gasteiger partial charge in [0.1, 0.15) is 19.0 Å². The number of nitrogens with zero attached hydrogens (tertiary/aromatic N) is 2. The lowest BCUT2D eigenvalue weighted by Gasteiger charge is -2.32. The van der Waals surface area contributed by atoms with E-state index in [9.17, 15) is 4.79 Å². The molecule has 8 nitrogen and oxygen atoms in total. The summed E-state index contributed by atoms with van der Waals surface area (Å²) >= 11 is 12.6. The number of ether oxygens (including phenoxy) is 3. The Labute approximate surface area is 280 Å². The van der Waals surface area contributed by atoms with Gasteiger partial charge in [0.15, 0.2) is 5.75 Å². The van der Waals surface area contributed by atoms with E-state index in [1.54, 1.807) is 6.20 Å². The second-order valence-electron chi connectivity index (χ2n) is 12.4. The van der Waals surface area contributed by atoms with Gasteiger partial charge in [0.25, 0.3) is 5.91 Å². The van der Waals surface area contributed by atoms with E-state index in [1.165, 1.54) is 0 Å². The molecule has 1 saturated heterocycles. The Kier molecular flexibility index (Phi) is 10.4. The summed E-state index contributed by atoms with van der Waals surface area (Å²) in [6.07, 6.45) is 7.14. The molecular weight excluding hydrogens is 625 g/mol. The Bertz CT molecular complexity index is 1570. The Balaban J connectivity index is 1.17. The fourth-order valence-corrected chi connectivity index (χ4v) is 7.11. The van der Waals surface area contributed by atoms with Gasteiger partial charge in [0.2, 0.25) is 5.88 Å². The van der Waals surface area contributed by atoms with Gasteiger partial charge in [-0.2, -0.15) is 0 Å². The van der Waals surface area contributed by atoms with Crippen LogP contribution < -0.4 is 19.5 Å². The number of carbonyl (C=O) groups excluding carboxylic acids is 1. The second kappa shape index (κ2) is 14.6. The molecule has 1 aromatic heterocycles. The van der Waals surface area contributed by atoms with E-state index >= 15 is 0 Å². The number of nitrogens with one attached hydrogen (secondary N) is 1. The van der Waals surface area contributed by atoms with Crippen LogP contribution in [0.2, 0.25) is 10.0 Å². The van der Waals surface area contributed by atoms with Crippen LogP contribution in [0.3, 0.4) is 0 Å². The highest BCUT2D eigenvalue weighted by Crippen LogP contribution is 2.41. The number of benzene rings is 2. The quantitative estimate of drug-likeness (QED) is 0.185. The van der Waals surface area contributed by atoms with Crippen LogP contribution in [-0.4, -0.2) is 65.5 Å². The molecule has 1 amide bonds. The largest absolute Gasteiger partial charge is 0.490 e. The van der Waals surface area contributed by atoms with E-state index in [0.717, 1.165) is 71.3 Å². The summed E-state index contributed by atoms with van der Waals surface area (Å²) in [6, 6.07) is 14.3. The van der Waals surface area contributed by atoms with Crippen molar-refractivity contribution in [1.29, 1.82) is 0 Å². The fraction of sp³-hybridized carbons (Fsp3) is 0.444. The van der Waals surface area contributed by atoms with Crippen LogP contribution in [0.15, 0.2) is 54.2 Å². The minimum atomic E-state index is 0.0481. The molecule has 0 radical (unpaired) electrons. The van der Waals surface area contributed by atoms with Crippen molar-refractivity contribution in [3.05, 3.63) is 86.5 Å². The average Bonchev–Trinajstić information content (AvgIpc) is 3.82. The van der Waals surface area contributed by atoms with Crippen molar-refractivity contribution < 1.29 is 24.1 Å². The van der Waals surface area contributed by atoms with Crippen LogP contribution in [0.4, 0.5) is 0 Å². The van der Waals surface area contributed by atoms with Gasteiger partial charge in [-0.1, -0.05) is 35.3 Å². The zero-order valence-electron chi connectivity index (χ0n) is 26.4. The summed E-state index contributed by atoms with van der Waals surface area (Å²) in [6.45, 7) is 5.53. The molecular formula is C36H41Cl2N3O5. The molecule has 3 aliphatic rings. The number of rotatable bonds is 14. The molecule has 2 unspecified atom stereocenters. The molecule has 3 aromatic rings. The number of fused-ring (bicyclic) bond motifs is 2. The van der Waals surface area contributed by atoms with Crippen LogP contribution in [0.5, 0.6) is 17.4 Å². The van der Waals surface area contributed by atoms with Crippen molar-refractivity contribution in [3.8, 4) is 17.4 Å². The summed E-state index contributed by atoms with van der Waals surface area (Å²) in [7, 11) is 0. The minimum Gasteiger partial charge on any atom is -0.490 e. The van der Waals surface area contributed by atoms with Crippen LogP contribution in [-0.2, 0) is 11.3 Å². The van der Waals surface area contributed by atoms with Crippen molar-refractivity contribution in [2.24, 2.45) is 0 Å². The Morgan fingerprint density at radius 2 is 1.72 bits per heavy atom. The third-order valence-corrected chi connectivity index (χ3v) is 9.50. The molecule has 244 valence electrons. The van der Waals surface area contributed by atoms with Crippen molar-refractivity contribution in [3.63, 3.8) is 0 Å². The molecule has 0 spiro atoms. The van der Waals surface area contributed by atoms with Gasteiger partial charge < -0.3 is 29.5 Å². The number of aliphatic hydroxyl groups is 1. The first-order valence-corrected chi connectivity index (χ1v) is 16.9. The SMILES string of the molecule is Cc1cc(Cl)c(OCCOc2ccc(C3=C(C(=O)N(Cc4ccnc(OCCCO)c4C)C4CC4)C4CCC(C3)N4)cc2)c(Cl)c1. The van der Waals surface area contributed by atoms with E-state index < -0.39 is 0 Å². The molecule has 2 aliphatic heterocycles. The van der Waals surface area contributed by atoms with E-state index in [4.69, 9.17) is 42.5 Å². The van der Waals surface area contributed by atoms with Gasteiger partial charge in [0, 0.05) is 55.0 Å². The molecule has 2 bridgehead atoms. The third kappa shape index (κ3) is 7.46.